The number of rotatable bonds is 4. The topological polar surface area (TPSA) is 78.6 Å². The molecule has 1 saturated carbocycles. The van der Waals surface area contributed by atoms with Crippen molar-refractivity contribution in [2.24, 2.45) is 5.92 Å². The van der Waals surface area contributed by atoms with Gasteiger partial charge in [0.15, 0.2) is 5.82 Å². The fourth-order valence-corrected chi connectivity index (χ4v) is 4.61. The summed E-state index contributed by atoms with van der Waals surface area (Å²) in [6.45, 7) is 7.27. The molecule has 1 atom stereocenters. The molecule has 2 aromatic rings. The molecule has 0 radical (unpaired) electrons. The summed E-state index contributed by atoms with van der Waals surface area (Å²) < 4.78 is 5.17. The summed E-state index contributed by atoms with van der Waals surface area (Å²) in [7, 11) is 0. The first kappa shape index (κ1) is 18.5. The molecule has 1 aliphatic carbocycles. The lowest BCUT2D eigenvalue weighted by molar-refractivity contribution is -0.137. The number of aromatic nitrogens is 3. The Morgan fingerprint density at radius 2 is 1.93 bits per heavy atom. The lowest BCUT2D eigenvalue weighted by atomic mass is 9.91. The Balaban J connectivity index is 1.16. The van der Waals surface area contributed by atoms with Crippen LogP contribution in [0.5, 0.6) is 0 Å². The molecule has 0 bridgehead atoms. The molecule has 8 nitrogen and oxygen atoms in total. The second-order valence-electron chi connectivity index (χ2n) is 8.43. The van der Waals surface area contributed by atoms with E-state index in [1.165, 1.54) is 19.3 Å². The fraction of sp³-hybridized carbons (Fsp3) is 0.619. The summed E-state index contributed by atoms with van der Waals surface area (Å²) in [5.41, 5.74) is 1.71. The van der Waals surface area contributed by atoms with Gasteiger partial charge in [-0.15, -0.1) is 0 Å². The summed E-state index contributed by atoms with van der Waals surface area (Å²) in [5.74, 6) is 1.44. The molecule has 154 valence electrons. The molecule has 5 rings (SSSR count). The molecule has 3 fully saturated rings. The van der Waals surface area contributed by atoms with Gasteiger partial charge in [0.25, 0.3) is 5.89 Å². The molecule has 2 aliphatic heterocycles. The number of anilines is 1. The van der Waals surface area contributed by atoms with Crippen molar-refractivity contribution in [3.8, 4) is 11.6 Å². The first-order valence-electron chi connectivity index (χ1n) is 10.7. The average molecular weight is 396 g/mol. The van der Waals surface area contributed by atoms with Gasteiger partial charge in [0, 0.05) is 45.3 Å². The number of carbonyl (C=O) groups is 1. The quantitative estimate of drug-likeness (QED) is 0.782. The van der Waals surface area contributed by atoms with E-state index in [1.807, 2.05) is 18.3 Å². The van der Waals surface area contributed by atoms with Gasteiger partial charge in [-0.05, 0) is 38.3 Å². The zero-order valence-corrected chi connectivity index (χ0v) is 17.0. The normalized spacial score (nSPS) is 23.4. The maximum atomic E-state index is 13.0. The van der Waals surface area contributed by atoms with Crippen molar-refractivity contribution in [3.63, 3.8) is 0 Å². The van der Waals surface area contributed by atoms with Crippen LogP contribution in [0.2, 0.25) is 0 Å². The van der Waals surface area contributed by atoms with E-state index in [-0.39, 0.29) is 5.92 Å². The SMILES string of the molecule is Cc1noc(-c2ccc(N3CC[C@H](C(=O)N4CCN(C5CCC5)CC4)C3)cn2)n1. The van der Waals surface area contributed by atoms with Crippen LogP contribution in [0, 0.1) is 12.8 Å². The number of aryl methyl sites for hydroxylation is 1. The van der Waals surface area contributed by atoms with Crippen LogP contribution >= 0.6 is 0 Å². The molecule has 0 aromatic carbocycles. The standard InChI is InChI=1S/C21H28N6O2/c1-15-23-20(29-24-15)19-6-5-18(13-22-19)27-8-7-16(14-27)21(28)26-11-9-25(10-12-26)17-3-2-4-17/h5-6,13,16-17H,2-4,7-12,14H2,1H3/t16-/m0/s1. The van der Waals surface area contributed by atoms with E-state index < -0.39 is 0 Å². The van der Waals surface area contributed by atoms with Crippen LogP contribution in [0.1, 0.15) is 31.5 Å². The van der Waals surface area contributed by atoms with E-state index in [1.54, 1.807) is 6.92 Å². The van der Waals surface area contributed by atoms with Crippen LogP contribution in [0.4, 0.5) is 5.69 Å². The summed E-state index contributed by atoms with van der Waals surface area (Å²) in [4.78, 5) is 28.6. The summed E-state index contributed by atoms with van der Waals surface area (Å²) in [6.07, 6.45) is 6.78. The maximum absolute atomic E-state index is 13.0. The first-order valence-corrected chi connectivity index (χ1v) is 10.7. The summed E-state index contributed by atoms with van der Waals surface area (Å²) in [5, 5.41) is 3.81. The van der Waals surface area contributed by atoms with Crippen LogP contribution in [-0.4, -0.2) is 76.1 Å². The number of pyridine rings is 1. The van der Waals surface area contributed by atoms with E-state index in [0.29, 0.717) is 23.3 Å². The zero-order chi connectivity index (χ0) is 19.8. The molecule has 3 aliphatic rings. The third-order valence-electron chi connectivity index (χ3n) is 6.61. The van der Waals surface area contributed by atoms with Gasteiger partial charge in [-0.2, -0.15) is 4.98 Å². The van der Waals surface area contributed by atoms with Gasteiger partial charge < -0.3 is 14.3 Å². The number of amides is 1. The molecule has 2 aromatic heterocycles. The molecule has 2 saturated heterocycles. The van der Waals surface area contributed by atoms with Crippen molar-refractivity contribution in [2.45, 2.75) is 38.6 Å². The Kier molecular flexibility index (Phi) is 4.95. The van der Waals surface area contributed by atoms with Gasteiger partial charge in [-0.1, -0.05) is 11.6 Å². The third kappa shape index (κ3) is 3.73. The molecular weight excluding hydrogens is 368 g/mol. The lowest BCUT2D eigenvalue weighted by Gasteiger charge is -2.43. The van der Waals surface area contributed by atoms with Gasteiger partial charge in [0.2, 0.25) is 5.91 Å². The van der Waals surface area contributed by atoms with E-state index in [0.717, 1.165) is 57.4 Å². The predicted octanol–water partition coefficient (Wildman–Crippen LogP) is 1.96. The van der Waals surface area contributed by atoms with Gasteiger partial charge in [-0.3, -0.25) is 9.69 Å². The summed E-state index contributed by atoms with van der Waals surface area (Å²) in [6, 6.07) is 4.70. The average Bonchev–Trinajstić information content (AvgIpc) is 3.36. The smallest absolute Gasteiger partial charge is 0.276 e. The second kappa shape index (κ2) is 7.74. The number of carbonyl (C=O) groups excluding carboxylic acids is 1. The highest BCUT2D eigenvalue weighted by Crippen LogP contribution is 2.28. The van der Waals surface area contributed by atoms with E-state index in [2.05, 4.69) is 29.8 Å². The van der Waals surface area contributed by atoms with Crippen molar-refractivity contribution in [2.75, 3.05) is 44.2 Å². The molecule has 1 amide bonds. The molecule has 0 unspecified atom stereocenters. The van der Waals surface area contributed by atoms with Crippen molar-refractivity contribution in [1.82, 2.24) is 24.9 Å². The highest BCUT2D eigenvalue weighted by atomic mass is 16.5. The largest absolute Gasteiger partial charge is 0.369 e. The van der Waals surface area contributed by atoms with Crippen molar-refractivity contribution < 1.29 is 9.32 Å². The van der Waals surface area contributed by atoms with Crippen LogP contribution in [-0.2, 0) is 4.79 Å². The minimum absolute atomic E-state index is 0.0866. The van der Waals surface area contributed by atoms with Crippen LogP contribution in [0.25, 0.3) is 11.6 Å². The minimum atomic E-state index is 0.0866. The molecular formula is C21H28N6O2. The highest BCUT2D eigenvalue weighted by molar-refractivity contribution is 5.80. The first-order chi connectivity index (χ1) is 14.2. The third-order valence-corrected chi connectivity index (χ3v) is 6.61. The summed E-state index contributed by atoms with van der Waals surface area (Å²) >= 11 is 0. The van der Waals surface area contributed by atoms with Gasteiger partial charge in [0.05, 0.1) is 17.8 Å². The van der Waals surface area contributed by atoms with E-state index >= 15 is 0 Å². The van der Waals surface area contributed by atoms with E-state index in [9.17, 15) is 4.79 Å². The van der Waals surface area contributed by atoms with Crippen molar-refractivity contribution >= 4 is 11.6 Å². The highest BCUT2D eigenvalue weighted by Gasteiger charge is 2.34. The van der Waals surface area contributed by atoms with Crippen LogP contribution < -0.4 is 4.90 Å². The van der Waals surface area contributed by atoms with Crippen molar-refractivity contribution in [3.05, 3.63) is 24.2 Å². The number of hydrogen-bond donors (Lipinski definition) is 0. The Hall–Kier alpha value is -2.48. The van der Waals surface area contributed by atoms with Gasteiger partial charge in [0.1, 0.15) is 5.69 Å². The zero-order valence-electron chi connectivity index (χ0n) is 17.0. The molecule has 29 heavy (non-hydrogen) atoms. The van der Waals surface area contributed by atoms with Crippen molar-refractivity contribution in [1.29, 1.82) is 0 Å². The van der Waals surface area contributed by atoms with Crippen LogP contribution in [0.3, 0.4) is 0 Å². The Labute approximate surface area is 170 Å². The van der Waals surface area contributed by atoms with Gasteiger partial charge in [-0.25, -0.2) is 4.98 Å². The monoisotopic (exact) mass is 396 g/mol. The number of hydrogen-bond acceptors (Lipinski definition) is 7. The Morgan fingerprint density at radius 1 is 1.10 bits per heavy atom. The van der Waals surface area contributed by atoms with Crippen LogP contribution in [0.15, 0.2) is 22.9 Å². The predicted molar refractivity (Wildman–Crippen MR) is 108 cm³/mol. The lowest BCUT2D eigenvalue weighted by Crippen LogP contribution is -2.54. The molecule has 8 heteroatoms. The second-order valence-corrected chi connectivity index (χ2v) is 8.43. The molecule has 4 heterocycles. The fourth-order valence-electron chi connectivity index (χ4n) is 4.61. The Bertz CT molecular complexity index is 854. The maximum Gasteiger partial charge on any atom is 0.276 e. The Morgan fingerprint density at radius 3 is 2.55 bits per heavy atom. The number of piperazine rings is 1. The van der Waals surface area contributed by atoms with E-state index in [4.69, 9.17) is 4.52 Å². The molecule has 0 N–H and O–H groups in total. The number of nitrogens with zero attached hydrogens (tertiary/aromatic N) is 6. The molecule has 0 spiro atoms. The minimum Gasteiger partial charge on any atom is -0.369 e. The van der Waals surface area contributed by atoms with Gasteiger partial charge >= 0.3 is 0 Å².